The lowest BCUT2D eigenvalue weighted by Crippen LogP contribution is -2.47. The smallest absolute Gasteiger partial charge is 0.306 e. The number of unbranched alkanes of at least 4 members (excludes halogenated alkanes) is 30. The summed E-state index contributed by atoms with van der Waals surface area (Å²) in [7, 11) is 1.17. The fourth-order valence-corrected chi connectivity index (χ4v) is 9.84. The molecule has 78 heavy (non-hydrogen) atoms. The van der Waals surface area contributed by atoms with E-state index in [1.807, 2.05) is 33.3 Å². The van der Waals surface area contributed by atoms with Gasteiger partial charge in [0, 0.05) is 12.8 Å². The highest BCUT2D eigenvalue weighted by Gasteiger charge is 2.27. The first-order chi connectivity index (χ1) is 37.9. The SMILES string of the molecule is CC/C=C\C/C=C\C/C=C\C/C=C\C/C=C\C/C=C\CCCCCCC(=O)OC(/C=C/CCCCCCCCCCCC)C(COP(=O)([O-])OCC[N+](C)(C)C)NC(=O)CCCCCCCCCCCCCCCCCCC. The molecule has 0 aliphatic carbocycles. The first kappa shape index (κ1) is 75.2. The third-order valence-corrected chi connectivity index (χ3v) is 15.1. The molecule has 3 atom stereocenters. The maximum absolute atomic E-state index is 13.5. The van der Waals surface area contributed by atoms with Crippen LogP contribution < -0.4 is 10.2 Å². The molecule has 0 saturated heterocycles. The molecule has 0 aromatic heterocycles. The van der Waals surface area contributed by atoms with Crippen LogP contribution in [0.5, 0.6) is 0 Å². The Morgan fingerprint density at radius 1 is 0.462 bits per heavy atom. The number of quaternary nitrogens is 1. The number of carbonyl (C=O) groups is 2. The summed E-state index contributed by atoms with van der Waals surface area (Å²) in [5.74, 6) is -0.565. The maximum Gasteiger partial charge on any atom is 0.306 e. The van der Waals surface area contributed by atoms with Crippen LogP contribution in [0, 0.1) is 0 Å². The first-order valence-corrected chi connectivity index (χ1v) is 33.9. The second kappa shape index (κ2) is 57.4. The Morgan fingerprint density at radius 3 is 1.23 bits per heavy atom. The maximum atomic E-state index is 13.5. The van der Waals surface area contributed by atoms with E-state index in [1.165, 1.54) is 141 Å². The van der Waals surface area contributed by atoms with Gasteiger partial charge >= 0.3 is 5.97 Å². The fraction of sp³-hybridized carbons (Fsp3) is 0.765. The molecular formula is C68H123N2O7P. The van der Waals surface area contributed by atoms with Gasteiger partial charge in [-0.25, -0.2) is 0 Å². The van der Waals surface area contributed by atoms with Crippen LogP contribution in [-0.2, 0) is 27.9 Å². The van der Waals surface area contributed by atoms with Crippen molar-refractivity contribution in [2.75, 3.05) is 40.9 Å². The summed E-state index contributed by atoms with van der Waals surface area (Å²) in [6, 6.07) is -0.901. The molecule has 0 spiro atoms. The molecule has 452 valence electrons. The molecule has 1 amide bonds. The van der Waals surface area contributed by atoms with E-state index in [0.29, 0.717) is 23.9 Å². The van der Waals surface area contributed by atoms with Gasteiger partial charge in [-0.15, -0.1) is 0 Å². The summed E-state index contributed by atoms with van der Waals surface area (Å²) in [4.78, 5) is 40.0. The summed E-state index contributed by atoms with van der Waals surface area (Å²) in [6.45, 7) is 6.73. The van der Waals surface area contributed by atoms with Crippen LogP contribution in [0.2, 0.25) is 0 Å². The lowest BCUT2D eigenvalue weighted by molar-refractivity contribution is -0.870. The van der Waals surface area contributed by atoms with Gasteiger partial charge in [-0.3, -0.25) is 14.2 Å². The van der Waals surface area contributed by atoms with Crippen molar-refractivity contribution in [1.29, 1.82) is 0 Å². The molecular weight excluding hydrogens is 988 g/mol. The van der Waals surface area contributed by atoms with Crippen molar-refractivity contribution in [3.05, 3.63) is 85.1 Å². The van der Waals surface area contributed by atoms with Gasteiger partial charge in [-0.1, -0.05) is 273 Å². The van der Waals surface area contributed by atoms with Gasteiger partial charge in [-0.05, 0) is 83.1 Å². The van der Waals surface area contributed by atoms with Gasteiger partial charge in [0.2, 0.25) is 5.91 Å². The molecule has 0 aromatic carbocycles. The van der Waals surface area contributed by atoms with Crippen LogP contribution in [0.25, 0.3) is 0 Å². The van der Waals surface area contributed by atoms with E-state index in [2.05, 4.69) is 99.0 Å². The molecule has 0 aromatic rings. The Morgan fingerprint density at radius 2 is 0.821 bits per heavy atom. The van der Waals surface area contributed by atoms with E-state index in [4.69, 9.17) is 13.8 Å². The quantitative estimate of drug-likeness (QED) is 0.0212. The van der Waals surface area contributed by atoms with Gasteiger partial charge in [0.15, 0.2) is 0 Å². The minimum absolute atomic E-state index is 0.0286. The Kier molecular flexibility index (Phi) is 55.4. The monoisotopic (exact) mass is 1110 g/mol. The van der Waals surface area contributed by atoms with Crippen LogP contribution in [0.4, 0.5) is 0 Å². The van der Waals surface area contributed by atoms with E-state index in [9.17, 15) is 19.0 Å². The number of phosphoric ester groups is 1. The summed E-state index contributed by atoms with van der Waals surface area (Å²) in [5, 5.41) is 3.03. The van der Waals surface area contributed by atoms with Crippen LogP contribution in [-0.4, -0.2) is 69.4 Å². The zero-order valence-electron chi connectivity index (χ0n) is 51.6. The molecule has 3 unspecified atom stereocenters. The van der Waals surface area contributed by atoms with Crippen LogP contribution in [0.3, 0.4) is 0 Å². The number of hydrogen-bond donors (Lipinski definition) is 1. The van der Waals surface area contributed by atoms with Gasteiger partial charge < -0.3 is 28.5 Å². The van der Waals surface area contributed by atoms with Gasteiger partial charge in [0.1, 0.15) is 19.3 Å². The molecule has 0 radical (unpaired) electrons. The van der Waals surface area contributed by atoms with E-state index in [0.717, 1.165) is 103 Å². The lowest BCUT2D eigenvalue weighted by Gasteiger charge is -2.30. The number of carbonyl (C=O) groups excluding carboxylic acids is 2. The van der Waals surface area contributed by atoms with Crippen molar-refractivity contribution >= 4 is 19.7 Å². The number of amides is 1. The molecule has 0 rings (SSSR count). The highest BCUT2D eigenvalue weighted by molar-refractivity contribution is 7.45. The number of esters is 1. The molecule has 0 aliphatic rings. The minimum Gasteiger partial charge on any atom is -0.756 e. The van der Waals surface area contributed by atoms with Crippen LogP contribution in [0.15, 0.2) is 85.1 Å². The van der Waals surface area contributed by atoms with Crippen LogP contribution in [0.1, 0.15) is 284 Å². The highest BCUT2D eigenvalue weighted by Crippen LogP contribution is 2.38. The Hall–Kier alpha value is -2.81. The Bertz CT molecular complexity index is 1610. The standard InChI is InChI=1S/C68H123N2O7P/c1-7-10-13-16-19-22-25-28-30-32-33-34-35-36-37-39-41-43-46-49-52-55-58-61-68(72)77-66(59-56-53-50-47-44-27-24-21-18-15-12-9-3)65(64-76-78(73,74)75-63-62-70(4,5)6)69-67(71)60-57-54-51-48-45-42-40-38-31-29-26-23-20-17-14-11-8-2/h10,13,19,22,28,30,33-34,36-37,41,43,56,59,65-66H,7-9,11-12,14-18,20-21,23-27,29,31-32,35,38-40,42,44-55,57-58,60-64H2,1-6H3,(H-,69,71,73,74)/b13-10-,22-19-,30-28-,34-33-,37-36-,43-41-,59-56+. The Labute approximate surface area is 482 Å². The van der Waals surface area contributed by atoms with E-state index >= 15 is 0 Å². The first-order valence-electron chi connectivity index (χ1n) is 32.4. The van der Waals surface area contributed by atoms with Crippen molar-refractivity contribution in [1.82, 2.24) is 5.32 Å². The molecule has 0 fully saturated rings. The average molecular weight is 1110 g/mol. The number of allylic oxidation sites excluding steroid dienone is 13. The number of phosphoric acid groups is 1. The normalized spacial score (nSPS) is 14.2. The lowest BCUT2D eigenvalue weighted by atomic mass is 10.0. The molecule has 9 nitrogen and oxygen atoms in total. The van der Waals surface area contributed by atoms with Crippen molar-refractivity contribution < 1.29 is 37.3 Å². The van der Waals surface area contributed by atoms with Crippen molar-refractivity contribution in [2.45, 2.75) is 296 Å². The average Bonchev–Trinajstić information content (AvgIpc) is 3.40. The number of hydrogen-bond acceptors (Lipinski definition) is 7. The van der Waals surface area contributed by atoms with E-state index in [1.54, 1.807) is 0 Å². The van der Waals surface area contributed by atoms with E-state index < -0.39 is 26.6 Å². The topological polar surface area (TPSA) is 114 Å². The molecule has 0 heterocycles. The molecule has 0 bridgehead atoms. The third-order valence-electron chi connectivity index (χ3n) is 14.1. The molecule has 0 aliphatic heterocycles. The van der Waals surface area contributed by atoms with Crippen molar-refractivity contribution in [3.8, 4) is 0 Å². The molecule has 0 saturated carbocycles. The van der Waals surface area contributed by atoms with Gasteiger partial charge in [0.25, 0.3) is 7.82 Å². The van der Waals surface area contributed by atoms with Gasteiger partial charge in [-0.2, -0.15) is 0 Å². The zero-order valence-corrected chi connectivity index (χ0v) is 52.5. The predicted octanol–water partition coefficient (Wildman–Crippen LogP) is 19.5. The van der Waals surface area contributed by atoms with Crippen molar-refractivity contribution in [2.24, 2.45) is 0 Å². The second-order valence-corrected chi connectivity index (χ2v) is 24.3. The van der Waals surface area contributed by atoms with E-state index in [-0.39, 0.29) is 24.9 Å². The van der Waals surface area contributed by atoms with Gasteiger partial charge in [0.05, 0.1) is 33.8 Å². The number of nitrogens with one attached hydrogen (secondary N) is 1. The largest absolute Gasteiger partial charge is 0.756 e. The Balaban J connectivity index is 5.25. The summed E-state index contributed by atoms with van der Waals surface area (Å²) >= 11 is 0. The fourth-order valence-electron chi connectivity index (χ4n) is 9.11. The molecule has 1 N–H and O–H groups in total. The highest BCUT2D eigenvalue weighted by atomic mass is 31.2. The third kappa shape index (κ3) is 57.9. The zero-order chi connectivity index (χ0) is 57.2. The number of likely N-dealkylation sites (N-methyl/N-ethyl adjacent to an activating group) is 1. The predicted molar refractivity (Wildman–Crippen MR) is 335 cm³/mol. The minimum atomic E-state index is -4.71. The number of nitrogens with zero attached hydrogens (tertiary/aromatic N) is 1. The number of ether oxygens (including phenoxy) is 1. The summed E-state index contributed by atoms with van der Waals surface area (Å²) in [6.07, 6.45) is 75.5. The summed E-state index contributed by atoms with van der Waals surface area (Å²) < 4.78 is 30.3. The second-order valence-electron chi connectivity index (χ2n) is 22.9. The van der Waals surface area contributed by atoms with Crippen LogP contribution >= 0.6 is 7.82 Å². The van der Waals surface area contributed by atoms with Crippen molar-refractivity contribution in [3.63, 3.8) is 0 Å². The summed E-state index contributed by atoms with van der Waals surface area (Å²) in [5.41, 5.74) is 0. The molecule has 10 heteroatoms. The number of rotatable bonds is 58.